The van der Waals surface area contributed by atoms with Crippen LogP contribution in [-0.2, 0) is 13.6 Å². The molecule has 5 nitrogen and oxygen atoms in total. The number of para-hydroxylation sites is 2. The summed E-state index contributed by atoms with van der Waals surface area (Å²) in [6.45, 7) is 3.55. The van der Waals surface area contributed by atoms with Crippen LogP contribution < -0.4 is 15.0 Å². The van der Waals surface area contributed by atoms with E-state index in [0.717, 1.165) is 36.1 Å². The molecule has 0 saturated heterocycles. The summed E-state index contributed by atoms with van der Waals surface area (Å²) in [6, 6.07) is 8.03. The van der Waals surface area contributed by atoms with Gasteiger partial charge in [-0.05, 0) is 18.6 Å². The summed E-state index contributed by atoms with van der Waals surface area (Å²) in [4.78, 5) is 6.42. The van der Waals surface area contributed by atoms with E-state index in [1.54, 1.807) is 0 Å². The van der Waals surface area contributed by atoms with Gasteiger partial charge >= 0.3 is 0 Å². The highest BCUT2D eigenvalue weighted by Gasteiger charge is 2.09. The Morgan fingerprint density at radius 1 is 1.29 bits per heavy atom. The molecule has 0 aliphatic carbocycles. The van der Waals surface area contributed by atoms with Gasteiger partial charge in [0.05, 0.1) is 30.7 Å². The van der Waals surface area contributed by atoms with Crippen molar-refractivity contribution >= 4 is 11.6 Å². The van der Waals surface area contributed by atoms with E-state index in [2.05, 4.69) is 21.8 Å². The minimum atomic E-state index is 0.712. The SMILES string of the molecule is CCCOc1ccccc1NCc1cnc(N(C)C)n1C. The van der Waals surface area contributed by atoms with E-state index in [-0.39, 0.29) is 0 Å². The van der Waals surface area contributed by atoms with Crippen molar-refractivity contribution in [2.24, 2.45) is 7.05 Å². The molecule has 114 valence electrons. The lowest BCUT2D eigenvalue weighted by Crippen LogP contribution is -2.15. The van der Waals surface area contributed by atoms with Gasteiger partial charge in [-0.15, -0.1) is 0 Å². The van der Waals surface area contributed by atoms with Crippen molar-refractivity contribution in [3.63, 3.8) is 0 Å². The topological polar surface area (TPSA) is 42.3 Å². The number of anilines is 2. The van der Waals surface area contributed by atoms with Crippen LogP contribution in [0.3, 0.4) is 0 Å². The molecule has 2 aromatic rings. The summed E-state index contributed by atoms with van der Waals surface area (Å²) >= 11 is 0. The Labute approximate surface area is 126 Å². The van der Waals surface area contributed by atoms with Crippen LogP contribution in [0.2, 0.25) is 0 Å². The van der Waals surface area contributed by atoms with E-state index in [9.17, 15) is 0 Å². The van der Waals surface area contributed by atoms with Crippen LogP contribution in [0.1, 0.15) is 19.0 Å². The van der Waals surface area contributed by atoms with E-state index in [4.69, 9.17) is 4.74 Å². The van der Waals surface area contributed by atoms with Crippen LogP contribution in [0.5, 0.6) is 5.75 Å². The second-order valence-electron chi connectivity index (χ2n) is 5.20. The molecular weight excluding hydrogens is 264 g/mol. The molecule has 2 rings (SSSR count). The lowest BCUT2D eigenvalue weighted by Gasteiger charge is -2.15. The fraction of sp³-hybridized carbons (Fsp3) is 0.438. The summed E-state index contributed by atoms with van der Waals surface area (Å²) in [6.07, 6.45) is 2.90. The Bertz CT molecular complexity index is 577. The molecule has 0 fully saturated rings. The highest BCUT2D eigenvalue weighted by molar-refractivity contribution is 5.56. The number of hydrogen-bond donors (Lipinski definition) is 1. The van der Waals surface area contributed by atoms with Crippen molar-refractivity contribution in [1.82, 2.24) is 9.55 Å². The summed E-state index contributed by atoms with van der Waals surface area (Å²) < 4.78 is 7.84. The Hall–Kier alpha value is -2.17. The smallest absolute Gasteiger partial charge is 0.204 e. The third-order valence-corrected chi connectivity index (χ3v) is 3.27. The van der Waals surface area contributed by atoms with E-state index < -0.39 is 0 Å². The Morgan fingerprint density at radius 3 is 2.71 bits per heavy atom. The molecule has 0 spiro atoms. The number of rotatable bonds is 7. The van der Waals surface area contributed by atoms with Gasteiger partial charge in [0.25, 0.3) is 0 Å². The molecule has 1 heterocycles. The molecule has 0 bridgehead atoms. The summed E-state index contributed by atoms with van der Waals surface area (Å²) in [5.74, 6) is 1.84. The van der Waals surface area contributed by atoms with Crippen molar-refractivity contribution < 1.29 is 4.74 Å². The maximum atomic E-state index is 5.76. The molecule has 21 heavy (non-hydrogen) atoms. The molecule has 0 saturated carbocycles. The third kappa shape index (κ3) is 3.68. The number of ether oxygens (including phenoxy) is 1. The maximum absolute atomic E-state index is 5.76. The average Bonchev–Trinajstić information content (AvgIpc) is 2.85. The van der Waals surface area contributed by atoms with Gasteiger partial charge in [-0.2, -0.15) is 0 Å². The van der Waals surface area contributed by atoms with Crippen LogP contribution in [0.4, 0.5) is 11.6 Å². The van der Waals surface area contributed by atoms with Crippen molar-refractivity contribution in [2.75, 3.05) is 30.9 Å². The lowest BCUT2D eigenvalue weighted by atomic mass is 10.3. The Morgan fingerprint density at radius 2 is 2.05 bits per heavy atom. The summed E-state index contributed by atoms with van der Waals surface area (Å²) in [5.41, 5.74) is 2.14. The van der Waals surface area contributed by atoms with Crippen LogP contribution in [-0.4, -0.2) is 30.3 Å². The molecule has 0 amide bonds. The second kappa shape index (κ2) is 7.02. The lowest BCUT2D eigenvalue weighted by molar-refractivity contribution is 0.319. The van der Waals surface area contributed by atoms with Gasteiger partial charge in [-0.25, -0.2) is 4.98 Å². The van der Waals surface area contributed by atoms with E-state index in [1.807, 2.05) is 56.5 Å². The highest BCUT2D eigenvalue weighted by atomic mass is 16.5. The van der Waals surface area contributed by atoms with Crippen molar-refractivity contribution in [3.05, 3.63) is 36.2 Å². The predicted molar refractivity (Wildman–Crippen MR) is 87.1 cm³/mol. The molecule has 1 aromatic carbocycles. The van der Waals surface area contributed by atoms with Gasteiger partial charge in [0.1, 0.15) is 5.75 Å². The van der Waals surface area contributed by atoms with E-state index in [0.29, 0.717) is 6.54 Å². The molecule has 0 atom stereocenters. The first-order valence-corrected chi connectivity index (χ1v) is 7.27. The van der Waals surface area contributed by atoms with Gasteiger partial charge in [-0.1, -0.05) is 19.1 Å². The van der Waals surface area contributed by atoms with Crippen LogP contribution in [0.15, 0.2) is 30.5 Å². The molecule has 1 aromatic heterocycles. The monoisotopic (exact) mass is 288 g/mol. The molecule has 1 N–H and O–H groups in total. The zero-order chi connectivity index (χ0) is 15.2. The summed E-state index contributed by atoms with van der Waals surface area (Å²) in [7, 11) is 6.01. The number of nitrogens with one attached hydrogen (secondary N) is 1. The third-order valence-electron chi connectivity index (χ3n) is 3.27. The van der Waals surface area contributed by atoms with Gasteiger partial charge in [0, 0.05) is 21.1 Å². The average molecular weight is 288 g/mol. The Balaban J connectivity index is 2.06. The zero-order valence-electron chi connectivity index (χ0n) is 13.3. The number of imidazole rings is 1. The van der Waals surface area contributed by atoms with E-state index >= 15 is 0 Å². The molecule has 0 unspecified atom stereocenters. The zero-order valence-corrected chi connectivity index (χ0v) is 13.3. The summed E-state index contributed by atoms with van der Waals surface area (Å²) in [5, 5.41) is 3.43. The minimum Gasteiger partial charge on any atom is -0.491 e. The van der Waals surface area contributed by atoms with Crippen LogP contribution >= 0.6 is 0 Å². The first kappa shape index (κ1) is 15.2. The maximum Gasteiger partial charge on any atom is 0.204 e. The van der Waals surface area contributed by atoms with Gasteiger partial charge < -0.3 is 19.5 Å². The van der Waals surface area contributed by atoms with Crippen LogP contribution in [0, 0.1) is 0 Å². The first-order valence-electron chi connectivity index (χ1n) is 7.27. The van der Waals surface area contributed by atoms with Gasteiger partial charge in [0.2, 0.25) is 5.95 Å². The Kier molecular flexibility index (Phi) is 5.09. The van der Waals surface area contributed by atoms with Crippen molar-refractivity contribution in [2.45, 2.75) is 19.9 Å². The highest BCUT2D eigenvalue weighted by Crippen LogP contribution is 2.24. The number of nitrogens with zero attached hydrogens (tertiary/aromatic N) is 3. The fourth-order valence-electron chi connectivity index (χ4n) is 2.15. The first-order chi connectivity index (χ1) is 10.1. The number of aromatic nitrogens is 2. The molecular formula is C16H24N4O. The normalized spacial score (nSPS) is 10.5. The van der Waals surface area contributed by atoms with Crippen molar-refractivity contribution in [1.29, 1.82) is 0 Å². The molecule has 0 aliphatic heterocycles. The second-order valence-corrected chi connectivity index (χ2v) is 5.20. The fourth-order valence-corrected chi connectivity index (χ4v) is 2.15. The number of hydrogen-bond acceptors (Lipinski definition) is 4. The minimum absolute atomic E-state index is 0.712. The van der Waals surface area contributed by atoms with Gasteiger partial charge in [-0.3, -0.25) is 0 Å². The van der Waals surface area contributed by atoms with Gasteiger partial charge in [0.15, 0.2) is 0 Å². The molecule has 0 aliphatic rings. The molecule has 0 radical (unpaired) electrons. The number of benzene rings is 1. The van der Waals surface area contributed by atoms with Crippen LogP contribution in [0.25, 0.3) is 0 Å². The van der Waals surface area contributed by atoms with Crippen molar-refractivity contribution in [3.8, 4) is 5.75 Å². The molecule has 5 heteroatoms. The largest absolute Gasteiger partial charge is 0.491 e. The standard InChI is InChI=1S/C16H24N4O/c1-5-10-21-15-9-7-6-8-14(15)17-11-13-12-18-16(19(2)3)20(13)4/h6-9,12,17H,5,10-11H2,1-4H3. The quantitative estimate of drug-likeness (QED) is 0.850. The van der Waals surface area contributed by atoms with E-state index in [1.165, 1.54) is 0 Å². The predicted octanol–water partition coefficient (Wildman–Crippen LogP) is 2.89.